The number of urea groups is 1. The van der Waals surface area contributed by atoms with Crippen LogP contribution in [-0.2, 0) is 9.47 Å². The quantitative estimate of drug-likeness (QED) is 0.643. The molecule has 0 radical (unpaired) electrons. The highest BCUT2D eigenvalue weighted by Crippen LogP contribution is 2.33. The molecule has 174 valence electrons. The molecule has 1 aromatic carbocycles. The first-order valence-electron chi connectivity index (χ1n) is 10.2. The number of likely N-dealkylation sites (tertiary alicyclic amines) is 2. The van der Waals surface area contributed by atoms with Crippen LogP contribution in [0.2, 0.25) is 0 Å². The SMILES string of the molecule is COC(=O)OC1CC(c2cccc(OC(F)(F)F)c2)CN(C(=O)N2CCC(C#N)CC2)C1. The maximum absolute atomic E-state index is 13.1. The van der Waals surface area contributed by atoms with Gasteiger partial charge in [-0.15, -0.1) is 13.2 Å². The van der Waals surface area contributed by atoms with Gasteiger partial charge in [-0.05, 0) is 37.0 Å². The molecule has 0 N–H and O–H groups in total. The number of piperidine rings is 2. The third-order valence-electron chi connectivity index (χ3n) is 5.62. The summed E-state index contributed by atoms with van der Waals surface area (Å²) in [6.07, 6.45) is -4.93. The van der Waals surface area contributed by atoms with Gasteiger partial charge < -0.3 is 24.0 Å². The van der Waals surface area contributed by atoms with E-state index in [4.69, 9.17) is 10.00 Å². The van der Waals surface area contributed by atoms with Gasteiger partial charge in [0.15, 0.2) is 0 Å². The summed E-state index contributed by atoms with van der Waals surface area (Å²) < 4.78 is 51.7. The molecule has 2 aliphatic rings. The van der Waals surface area contributed by atoms with Gasteiger partial charge in [-0.3, -0.25) is 0 Å². The van der Waals surface area contributed by atoms with Crippen molar-refractivity contribution in [2.24, 2.45) is 5.92 Å². The molecular weight excluding hydrogens is 431 g/mol. The van der Waals surface area contributed by atoms with Crippen molar-refractivity contribution in [1.29, 1.82) is 5.26 Å². The maximum Gasteiger partial charge on any atom is 0.573 e. The van der Waals surface area contributed by atoms with E-state index in [1.807, 2.05) is 0 Å². The normalized spacial score (nSPS) is 22.1. The number of ether oxygens (including phenoxy) is 3. The van der Waals surface area contributed by atoms with Crippen molar-refractivity contribution >= 4 is 12.2 Å². The number of methoxy groups -OCH3 is 1. The molecular formula is C21H24F3N3O5. The van der Waals surface area contributed by atoms with Crippen molar-refractivity contribution in [3.63, 3.8) is 0 Å². The second-order valence-electron chi connectivity index (χ2n) is 7.82. The van der Waals surface area contributed by atoms with E-state index in [9.17, 15) is 22.8 Å². The molecule has 2 atom stereocenters. The van der Waals surface area contributed by atoms with E-state index in [2.05, 4.69) is 15.5 Å². The second-order valence-corrected chi connectivity index (χ2v) is 7.82. The van der Waals surface area contributed by atoms with Crippen molar-refractivity contribution in [2.75, 3.05) is 33.3 Å². The molecule has 0 saturated carbocycles. The van der Waals surface area contributed by atoms with E-state index in [1.54, 1.807) is 11.0 Å². The Labute approximate surface area is 183 Å². The summed E-state index contributed by atoms with van der Waals surface area (Å²) >= 11 is 0. The highest BCUT2D eigenvalue weighted by atomic mass is 19.4. The minimum atomic E-state index is -4.82. The van der Waals surface area contributed by atoms with Crippen LogP contribution in [0.4, 0.5) is 22.8 Å². The molecule has 8 nitrogen and oxygen atoms in total. The fourth-order valence-corrected chi connectivity index (χ4v) is 4.09. The molecule has 2 fully saturated rings. The zero-order valence-corrected chi connectivity index (χ0v) is 17.5. The highest BCUT2D eigenvalue weighted by Gasteiger charge is 2.36. The first-order valence-corrected chi connectivity index (χ1v) is 10.2. The van der Waals surface area contributed by atoms with E-state index in [-0.39, 0.29) is 36.7 Å². The average Bonchev–Trinajstić information content (AvgIpc) is 2.77. The molecule has 2 heterocycles. The van der Waals surface area contributed by atoms with Gasteiger partial charge in [0, 0.05) is 31.5 Å². The van der Waals surface area contributed by atoms with E-state index in [1.165, 1.54) is 30.2 Å². The number of benzene rings is 1. The summed E-state index contributed by atoms with van der Waals surface area (Å²) in [5.41, 5.74) is 0.533. The van der Waals surface area contributed by atoms with E-state index in [0.717, 1.165) is 0 Å². The Kier molecular flexibility index (Phi) is 7.33. The number of amides is 2. The van der Waals surface area contributed by atoms with Crippen LogP contribution in [0.5, 0.6) is 5.75 Å². The Bertz CT molecular complexity index is 865. The summed E-state index contributed by atoms with van der Waals surface area (Å²) in [4.78, 5) is 27.9. The monoisotopic (exact) mass is 455 g/mol. The first-order chi connectivity index (χ1) is 15.2. The lowest BCUT2D eigenvalue weighted by molar-refractivity contribution is -0.274. The fraction of sp³-hybridized carbons (Fsp3) is 0.571. The molecule has 3 rings (SSSR count). The smallest absolute Gasteiger partial charge is 0.438 e. The van der Waals surface area contributed by atoms with Crippen molar-refractivity contribution in [3.8, 4) is 11.8 Å². The number of hydrogen-bond donors (Lipinski definition) is 0. The van der Waals surface area contributed by atoms with Gasteiger partial charge in [-0.25, -0.2) is 9.59 Å². The molecule has 2 aliphatic heterocycles. The molecule has 2 unspecified atom stereocenters. The van der Waals surface area contributed by atoms with Crippen LogP contribution in [0.1, 0.15) is 30.7 Å². The Morgan fingerprint density at radius 1 is 1.16 bits per heavy atom. The summed E-state index contributed by atoms with van der Waals surface area (Å²) in [5, 5.41) is 9.06. The molecule has 0 spiro atoms. The van der Waals surface area contributed by atoms with Crippen LogP contribution >= 0.6 is 0 Å². The first kappa shape index (κ1) is 23.5. The Morgan fingerprint density at radius 2 is 1.88 bits per heavy atom. The zero-order valence-electron chi connectivity index (χ0n) is 17.5. The Morgan fingerprint density at radius 3 is 2.50 bits per heavy atom. The molecule has 2 saturated heterocycles. The van der Waals surface area contributed by atoms with Gasteiger partial charge in [-0.1, -0.05) is 12.1 Å². The average molecular weight is 455 g/mol. The number of nitriles is 1. The summed E-state index contributed by atoms with van der Waals surface area (Å²) in [6, 6.07) is 7.53. The third kappa shape index (κ3) is 6.18. The fourth-order valence-electron chi connectivity index (χ4n) is 4.09. The van der Waals surface area contributed by atoms with E-state index in [0.29, 0.717) is 37.9 Å². The van der Waals surface area contributed by atoms with Crippen molar-refractivity contribution in [2.45, 2.75) is 37.6 Å². The van der Waals surface area contributed by atoms with Crippen LogP contribution < -0.4 is 4.74 Å². The number of halogens is 3. The topological polar surface area (TPSA) is 92.1 Å². The summed E-state index contributed by atoms with van der Waals surface area (Å²) in [7, 11) is 1.17. The van der Waals surface area contributed by atoms with Crippen molar-refractivity contribution < 1.29 is 37.0 Å². The molecule has 32 heavy (non-hydrogen) atoms. The van der Waals surface area contributed by atoms with E-state index >= 15 is 0 Å². The van der Waals surface area contributed by atoms with Crippen LogP contribution in [0.3, 0.4) is 0 Å². The number of carbonyl (C=O) groups is 2. The number of rotatable bonds is 3. The molecule has 2 amide bonds. The largest absolute Gasteiger partial charge is 0.573 e. The lowest BCUT2D eigenvalue weighted by atomic mass is 9.89. The minimum Gasteiger partial charge on any atom is -0.438 e. The highest BCUT2D eigenvalue weighted by molar-refractivity contribution is 5.75. The van der Waals surface area contributed by atoms with E-state index < -0.39 is 18.6 Å². The lowest BCUT2D eigenvalue weighted by Gasteiger charge is -2.41. The predicted octanol–water partition coefficient (Wildman–Crippen LogP) is 3.88. The summed E-state index contributed by atoms with van der Waals surface area (Å²) in [6.45, 7) is 1.26. The Hall–Kier alpha value is -3.16. The molecule has 11 heteroatoms. The number of hydrogen-bond acceptors (Lipinski definition) is 6. The second kappa shape index (κ2) is 9.97. The van der Waals surface area contributed by atoms with Gasteiger partial charge in [0.1, 0.15) is 11.9 Å². The molecule has 1 aromatic rings. The van der Waals surface area contributed by atoms with Gasteiger partial charge in [-0.2, -0.15) is 5.26 Å². The number of nitrogens with zero attached hydrogens (tertiary/aromatic N) is 3. The molecule has 0 aliphatic carbocycles. The predicted molar refractivity (Wildman–Crippen MR) is 105 cm³/mol. The van der Waals surface area contributed by atoms with Gasteiger partial charge >= 0.3 is 18.5 Å². The minimum absolute atomic E-state index is 0.0834. The van der Waals surface area contributed by atoms with Gasteiger partial charge in [0.05, 0.1) is 19.7 Å². The van der Waals surface area contributed by atoms with Crippen LogP contribution in [0, 0.1) is 17.2 Å². The van der Waals surface area contributed by atoms with Crippen LogP contribution in [-0.4, -0.2) is 67.7 Å². The standard InChI is InChI=1S/C21H24F3N3O5/c1-30-20(29)31-18-10-16(15-3-2-4-17(9-15)32-21(22,23)24)12-27(13-18)19(28)26-7-5-14(11-25)6-8-26/h2-4,9,14,16,18H,5-8,10,12-13H2,1H3. The Balaban J connectivity index is 1.77. The zero-order chi connectivity index (χ0) is 23.3. The maximum atomic E-state index is 13.1. The van der Waals surface area contributed by atoms with Crippen LogP contribution in [0.15, 0.2) is 24.3 Å². The number of alkyl halides is 3. The van der Waals surface area contributed by atoms with Gasteiger partial charge in [0.2, 0.25) is 0 Å². The van der Waals surface area contributed by atoms with Crippen molar-refractivity contribution in [3.05, 3.63) is 29.8 Å². The van der Waals surface area contributed by atoms with Gasteiger partial charge in [0.25, 0.3) is 0 Å². The third-order valence-corrected chi connectivity index (χ3v) is 5.62. The lowest BCUT2D eigenvalue weighted by Crippen LogP contribution is -2.53. The molecule has 0 bridgehead atoms. The summed E-state index contributed by atoms with van der Waals surface area (Å²) in [5.74, 6) is -0.821. The molecule has 0 aromatic heterocycles. The van der Waals surface area contributed by atoms with Crippen LogP contribution in [0.25, 0.3) is 0 Å². The van der Waals surface area contributed by atoms with Crippen molar-refractivity contribution in [1.82, 2.24) is 9.80 Å². The number of carbonyl (C=O) groups excluding carboxylic acids is 2.